The summed E-state index contributed by atoms with van der Waals surface area (Å²) in [5.41, 5.74) is 7.79. The molecule has 10 heteroatoms. The molecule has 2 aliphatic rings. The van der Waals surface area contributed by atoms with Gasteiger partial charge in [-0.1, -0.05) is 64.7 Å². The molecule has 48 heavy (non-hydrogen) atoms. The van der Waals surface area contributed by atoms with E-state index < -0.39 is 35.7 Å². The van der Waals surface area contributed by atoms with Crippen LogP contribution in [0.3, 0.4) is 0 Å². The van der Waals surface area contributed by atoms with Crippen LogP contribution in [0.5, 0.6) is 0 Å². The van der Waals surface area contributed by atoms with Gasteiger partial charge in [-0.15, -0.1) is 0 Å². The Morgan fingerprint density at radius 2 is 1.44 bits per heavy atom. The topological polar surface area (TPSA) is 91.0 Å². The summed E-state index contributed by atoms with van der Waals surface area (Å²) in [6.45, 7) is 12.8. The van der Waals surface area contributed by atoms with E-state index in [0.717, 1.165) is 49.5 Å². The van der Waals surface area contributed by atoms with Crippen molar-refractivity contribution in [3.63, 3.8) is 0 Å². The molecule has 0 radical (unpaired) electrons. The number of carbonyl (C=O) groups is 3. The SMILES string of the molecule is COC(=O)C1=C(C)NC(=O)N(C(=O)NCCCN2CCC(c3cc(C)cc(C)c3)(c3cc(C)cc(C)c3)CC2)C1c1ccc(F)c(F)c1. The van der Waals surface area contributed by atoms with Gasteiger partial charge in [0.1, 0.15) is 6.04 Å². The van der Waals surface area contributed by atoms with E-state index in [1.165, 1.54) is 53.5 Å². The van der Waals surface area contributed by atoms with Crippen molar-refractivity contribution in [1.29, 1.82) is 0 Å². The molecule has 4 amide bonds. The Bertz CT molecular complexity index is 1670. The summed E-state index contributed by atoms with van der Waals surface area (Å²) in [4.78, 5) is 42.5. The summed E-state index contributed by atoms with van der Waals surface area (Å²) in [5.74, 6) is -3.06. The standard InChI is InChI=1S/C38H44F2N4O4/c1-23-16-24(2)19-29(18-23)38(30-20-25(3)17-26(4)21-30)10-14-43(15-11-38)13-7-12-41-36(46)44-34(28-8-9-31(39)32(40)22-28)33(35(45)48-6)27(5)42-37(44)47/h8-9,16-22,34H,7,10-15H2,1-6H3,(H,41,46)(H,42,47). The highest BCUT2D eigenvalue weighted by Gasteiger charge is 2.42. The van der Waals surface area contributed by atoms with Crippen LogP contribution in [0.4, 0.5) is 18.4 Å². The number of likely N-dealkylation sites (tertiary alicyclic amines) is 1. The maximum atomic E-state index is 14.3. The van der Waals surface area contributed by atoms with Crippen LogP contribution in [-0.2, 0) is 14.9 Å². The number of nitrogens with one attached hydrogen (secondary N) is 2. The predicted molar refractivity (Wildman–Crippen MR) is 180 cm³/mol. The third kappa shape index (κ3) is 7.13. The molecule has 8 nitrogen and oxygen atoms in total. The minimum Gasteiger partial charge on any atom is -0.466 e. The van der Waals surface area contributed by atoms with Gasteiger partial charge in [0.25, 0.3) is 0 Å². The van der Waals surface area contributed by atoms with Gasteiger partial charge in [-0.25, -0.2) is 28.1 Å². The average Bonchev–Trinajstić information content (AvgIpc) is 3.03. The van der Waals surface area contributed by atoms with E-state index in [0.29, 0.717) is 6.42 Å². The van der Waals surface area contributed by atoms with Gasteiger partial charge < -0.3 is 20.3 Å². The van der Waals surface area contributed by atoms with Crippen LogP contribution in [0.1, 0.15) is 71.2 Å². The molecule has 1 atom stereocenters. The second-order valence-corrected chi connectivity index (χ2v) is 13.2. The fraction of sp³-hybridized carbons (Fsp3) is 0.395. The zero-order chi connectivity index (χ0) is 34.7. The van der Waals surface area contributed by atoms with Gasteiger partial charge >= 0.3 is 18.0 Å². The molecule has 1 unspecified atom stereocenters. The third-order valence-corrected chi connectivity index (χ3v) is 9.52. The Morgan fingerprint density at radius 1 is 0.875 bits per heavy atom. The van der Waals surface area contributed by atoms with Crippen molar-refractivity contribution >= 4 is 18.0 Å². The van der Waals surface area contributed by atoms with Crippen molar-refractivity contribution in [3.8, 4) is 0 Å². The van der Waals surface area contributed by atoms with Crippen molar-refractivity contribution in [2.45, 2.75) is 65.3 Å². The summed E-state index contributed by atoms with van der Waals surface area (Å²) in [6.07, 6.45) is 2.53. The molecule has 0 spiro atoms. The number of allylic oxidation sites excluding steroid dienone is 1. The number of esters is 1. The normalized spacial score (nSPS) is 18.0. The first-order valence-corrected chi connectivity index (χ1v) is 16.3. The second-order valence-electron chi connectivity index (χ2n) is 13.2. The van der Waals surface area contributed by atoms with Crippen LogP contribution in [0, 0.1) is 39.3 Å². The van der Waals surface area contributed by atoms with Crippen molar-refractivity contribution in [3.05, 3.63) is 116 Å². The van der Waals surface area contributed by atoms with Gasteiger partial charge in [0.2, 0.25) is 0 Å². The average molecular weight is 659 g/mol. The van der Waals surface area contributed by atoms with E-state index in [1.54, 1.807) is 0 Å². The van der Waals surface area contributed by atoms with Crippen molar-refractivity contribution in [1.82, 2.24) is 20.4 Å². The van der Waals surface area contributed by atoms with Gasteiger partial charge in [-0.05, 0) is 102 Å². The number of rotatable bonds is 8. The van der Waals surface area contributed by atoms with Gasteiger partial charge in [0.15, 0.2) is 11.6 Å². The highest BCUT2D eigenvalue weighted by molar-refractivity contribution is 6.01. The predicted octanol–water partition coefficient (Wildman–Crippen LogP) is 6.89. The first-order chi connectivity index (χ1) is 22.8. The molecule has 0 aliphatic carbocycles. The lowest BCUT2D eigenvalue weighted by molar-refractivity contribution is -0.136. The Morgan fingerprint density at radius 3 is 1.96 bits per heavy atom. The van der Waals surface area contributed by atoms with Crippen LogP contribution in [0.15, 0.2) is 65.9 Å². The number of ether oxygens (including phenoxy) is 1. The third-order valence-electron chi connectivity index (χ3n) is 9.52. The molecule has 0 saturated carbocycles. The zero-order valence-electron chi connectivity index (χ0n) is 28.5. The fourth-order valence-electron chi connectivity index (χ4n) is 7.31. The molecule has 0 bridgehead atoms. The number of carbonyl (C=O) groups excluding carboxylic acids is 3. The molecule has 2 N–H and O–H groups in total. The molecule has 1 saturated heterocycles. The van der Waals surface area contributed by atoms with E-state index in [9.17, 15) is 23.2 Å². The molecule has 2 aliphatic heterocycles. The maximum Gasteiger partial charge on any atom is 0.337 e. The van der Waals surface area contributed by atoms with E-state index in [1.807, 2.05) is 0 Å². The lowest BCUT2D eigenvalue weighted by Gasteiger charge is -2.43. The number of piperidine rings is 1. The summed E-state index contributed by atoms with van der Waals surface area (Å²) in [7, 11) is 1.17. The number of halogens is 2. The lowest BCUT2D eigenvalue weighted by atomic mass is 9.67. The molecule has 1 fully saturated rings. The highest BCUT2D eigenvalue weighted by Crippen LogP contribution is 2.43. The number of hydrogen-bond donors (Lipinski definition) is 2. The Balaban J connectivity index is 1.27. The molecule has 0 aromatic heterocycles. The Labute approximate surface area is 281 Å². The molecule has 2 heterocycles. The van der Waals surface area contributed by atoms with E-state index in [4.69, 9.17) is 4.74 Å². The summed E-state index contributed by atoms with van der Waals surface area (Å²) >= 11 is 0. The zero-order valence-corrected chi connectivity index (χ0v) is 28.5. The first kappa shape index (κ1) is 34.8. The minimum atomic E-state index is -1.31. The maximum absolute atomic E-state index is 14.3. The van der Waals surface area contributed by atoms with Crippen LogP contribution in [0.25, 0.3) is 0 Å². The number of hydrogen-bond acceptors (Lipinski definition) is 5. The van der Waals surface area contributed by atoms with Crippen LogP contribution < -0.4 is 10.6 Å². The molecule has 3 aromatic rings. The van der Waals surface area contributed by atoms with Crippen molar-refractivity contribution in [2.24, 2.45) is 0 Å². The van der Waals surface area contributed by atoms with Crippen molar-refractivity contribution in [2.75, 3.05) is 33.3 Å². The van der Waals surface area contributed by atoms with E-state index in [2.05, 4.69) is 79.6 Å². The largest absolute Gasteiger partial charge is 0.466 e. The second kappa shape index (κ2) is 14.3. The highest BCUT2D eigenvalue weighted by atomic mass is 19.2. The number of urea groups is 2. The summed E-state index contributed by atoms with van der Waals surface area (Å²) in [6, 6.07) is 13.9. The number of nitrogens with zero attached hydrogens (tertiary/aromatic N) is 2. The van der Waals surface area contributed by atoms with Gasteiger partial charge in [0.05, 0.1) is 12.7 Å². The molecular weight excluding hydrogens is 614 g/mol. The molecule has 3 aromatic carbocycles. The Kier molecular flexibility index (Phi) is 10.3. The summed E-state index contributed by atoms with van der Waals surface area (Å²) < 4.78 is 33.0. The number of amides is 4. The smallest absolute Gasteiger partial charge is 0.337 e. The Hall–Kier alpha value is -4.57. The number of imide groups is 1. The molecular formula is C38H44F2N4O4. The van der Waals surface area contributed by atoms with Gasteiger partial charge in [-0.2, -0.15) is 0 Å². The number of benzene rings is 3. The monoisotopic (exact) mass is 658 g/mol. The van der Waals surface area contributed by atoms with Crippen LogP contribution in [-0.4, -0.2) is 61.1 Å². The van der Waals surface area contributed by atoms with Gasteiger partial charge in [-0.3, -0.25) is 0 Å². The first-order valence-electron chi connectivity index (χ1n) is 16.3. The van der Waals surface area contributed by atoms with E-state index >= 15 is 0 Å². The van der Waals surface area contributed by atoms with E-state index in [-0.39, 0.29) is 28.8 Å². The summed E-state index contributed by atoms with van der Waals surface area (Å²) in [5, 5.41) is 5.31. The van der Waals surface area contributed by atoms with Crippen LogP contribution in [0.2, 0.25) is 0 Å². The quantitative estimate of drug-likeness (QED) is 0.203. The lowest BCUT2D eigenvalue weighted by Crippen LogP contribution is -2.54. The van der Waals surface area contributed by atoms with Crippen LogP contribution >= 0.6 is 0 Å². The number of aryl methyl sites for hydroxylation is 4. The van der Waals surface area contributed by atoms with Crippen molar-refractivity contribution < 1.29 is 27.9 Å². The minimum absolute atomic E-state index is 0.0531. The van der Waals surface area contributed by atoms with Gasteiger partial charge in [0, 0.05) is 17.7 Å². The number of methoxy groups -OCH3 is 1. The molecule has 254 valence electrons. The fourth-order valence-corrected chi connectivity index (χ4v) is 7.31. The molecule has 5 rings (SSSR count).